The molecule has 6 heteroatoms. The zero-order valence-electron chi connectivity index (χ0n) is 17.8. The molecule has 1 aromatic heterocycles. The molecule has 0 saturated carbocycles. The topological polar surface area (TPSA) is 38.7 Å². The quantitative estimate of drug-likeness (QED) is 0.605. The van der Waals surface area contributed by atoms with Crippen LogP contribution < -0.4 is 14.8 Å². The maximum absolute atomic E-state index is 5.91. The number of hydrogen-bond acceptors (Lipinski definition) is 3. The molecule has 1 aliphatic heterocycles. The number of anilines is 1. The lowest BCUT2D eigenvalue weighted by Crippen LogP contribution is -2.44. The van der Waals surface area contributed by atoms with E-state index in [1.54, 1.807) is 14.2 Å². The minimum absolute atomic E-state index is 0.0797. The van der Waals surface area contributed by atoms with Crippen LogP contribution in [0, 0.1) is 13.8 Å². The smallest absolute Gasteiger partial charge is 0.174 e. The highest BCUT2D eigenvalue weighted by Crippen LogP contribution is 2.39. The maximum Gasteiger partial charge on any atom is 0.174 e. The van der Waals surface area contributed by atoms with E-state index in [0.717, 1.165) is 35.8 Å². The second-order valence-corrected chi connectivity index (χ2v) is 7.97. The van der Waals surface area contributed by atoms with Gasteiger partial charge in [-0.2, -0.15) is 0 Å². The SMILES string of the molecule is COc1ccc(OC)c([C@@H]2c3cccn3CCN2C(=S)Nc2cc(C)ccc2C)c1. The summed E-state index contributed by atoms with van der Waals surface area (Å²) in [6.45, 7) is 5.85. The molecule has 2 aromatic carbocycles. The van der Waals surface area contributed by atoms with Crippen molar-refractivity contribution in [2.24, 2.45) is 0 Å². The average molecular weight is 422 g/mol. The lowest BCUT2D eigenvalue weighted by Gasteiger charge is -2.39. The lowest BCUT2D eigenvalue weighted by molar-refractivity contribution is 0.284. The van der Waals surface area contributed by atoms with Crippen LogP contribution in [0.15, 0.2) is 54.7 Å². The van der Waals surface area contributed by atoms with Crippen molar-refractivity contribution < 1.29 is 9.47 Å². The van der Waals surface area contributed by atoms with Gasteiger partial charge < -0.3 is 24.3 Å². The number of aryl methyl sites for hydroxylation is 2. The molecule has 156 valence electrons. The van der Waals surface area contributed by atoms with Crippen LogP contribution in [0.25, 0.3) is 0 Å². The van der Waals surface area contributed by atoms with Gasteiger partial charge in [0.1, 0.15) is 17.5 Å². The van der Waals surface area contributed by atoms with Gasteiger partial charge in [-0.15, -0.1) is 0 Å². The maximum atomic E-state index is 5.91. The number of benzene rings is 2. The first-order chi connectivity index (χ1) is 14.5. The highest BCUT2D eigenvalue weighted by molar-refractivity contribution is 7.80. The standard InChI is InChI=1S/C24H27N3O2S/c1-16-7-8-17(2)20(14-16)25-24(30)27-13-12-26-11-5-6-21(26)23(27)19-15-18(28-3)9-10-22(19)29-4/h5-11,14-15,23H,12-13H2,1-4H3,(H,25,30)/t23-/m1/s1. The molecule has 1 atom stereocenters. The Labute approximate surface area is 183 Å². The first-order valence-corrected chi connectivity index (χ1v) is 10.4. The molecule has 30 heavy (non-hydrogen) atoms. The molecule has 0 spiro atoms. The number of rotatable bonds is 4. The van der Waals surface area contributed by atoms with Gasteiger partial charge in [-0.3, -0.25) is 0 Å². The summed E-state index contributed by atoms with van der Waals surface area (Å²) < 4.78 is 13.5. The van der Waals surface area contributed by atoms with Crippen LogP contribution in [-0.4, -0.2) is 35.3 Å². The van der Waals surface area contributed by atoms with Crippen molar-refractivity contribution in [3.05, 3.63) is 77.1 Å². The highest BCUT2D eigenvalue weighted by atomic mass is 32.1. The molecule has 0 amide bonds. The monoisotopic (exact) mass is 421 g/mol. The minimum atomic E-state index is -0.0797. The van der Waals surface area contributed by atoms with Gasteiger partial charge in [0.15, 0.2) is 5.11 Å². The summed E-state index contributed by atoms with van der Waals surface area (Å²) in [5.41, 5.74) is 5.61. The largest absolute Gasteiger partial charge is 0.497 e. The normalized spacial score (nSPS) is 15.5. The van der Waals surface area contributed by atoms with Crippen molar-refractivity contribution in [3.63, 3.8) is 0 Å². The summed E-state index contributed by atoms with van der Waals surface area (Å²) in [6.07, 6.45) is 2.12. The molecular weight excluding hydrogens is 394 g/mol. The molecule has 0 saturated heterocycles. The molecule has 0 fully saturated rings. The van der Waals surface area contributed by atoms with E-state index in [4.69, 9.17) is 21.7 Å². The minimum Gasteiger partial charge on any atom is -0.497 e. The number of methoxy groups -OCH3 is 2. The molecule has 0 aliphatic carbocycles. The van der Waals surface area contributed by atoms with Crippen LogP contribution in [0.1, 0.15) is 28.4 Å². The van der Waals surface area contributed by atoms with Crippen LogP contribution >= 0.6 is 12.2 Å². The Morgan fingerprint density at radius 3 is 2.63 bits per heavy atom. The average Bonchev–Trinajstić information content (AvgIpc) is 3.24. The second-order valence-electron chi connectivity index (χ2n) is 7.58. The number of ether oxygens (including phenoxy) is 2. The Morgan fingerprint density at radius 2 is 1.87 bits per heavy atom. The number of aromatic nitrogens is 1. The Balaban J connectivity index is 1.76. The molecule has 0 bridgehead atoms. The summed E-state index contributed by atoms with van der Waals surface area (Å²) in [6, 6.07) is 16.4. The Hall–Kier alpha value is -2.99. The molecule has 1 aliphatic rings. The second kappa shape index (κ2) is 8.40. The van der Waals surface area contributed by atoms with E-state index in [1.807, 2.05) is 18.2 Å². The van der Waals surface area contributed by atoms with Gasteiger partial charge in [-0.1, -0.05) is 12.1 Å². The summed E-state index contributed by atoms with van der Waals surface area (Å²) in [7, 11) is 3.38. The van der Waals surface area contributed by atoms with Gasteiger partial charge in [-0.05, 0) is 73.6 Å². The molecule has 4 rings (SSSR count). The van der Waals surface area contributed by atoms with Gasteiger partial charge in [0.05, 0.1) is 14.2 Å². The van der Waals surface area contributed by atoms with Crippen molar-refractivity contribution in [2.75, 3.05) is 26.1 Å². The third-order valence-electron chi connectivity index (χ3n) is 5.67. The summed E-state index contributed by atoms with van der Waals surface area (Å²) >= 11 is 5.91. The van der Waals surface area contributed by atoms with Crippen molar-refractivity contribution in [2.45, 2.75) is 26.4 Å². The first kappa shape index (κ1) is 20.3. The first-order valence-electron chi connectivity index (χ1n) is 10.0. The molecule has 0 unspecified atom stereocenters. The van der Waals surface area contributed by atoms with Gasteiger partial charge in [0.25, 0.3) is 0 Å². The Kier molecular flexibility index (Phi) is 5.68. The fourth-order valence-corrected chi connectivity index (χ4v) is 4.35. The third-order valence-corrected chi connectivity index (χ3v) is 6.00. The summed E-state index contributed by atoms with van der Waals surface area (Å²) in [5.74, 6) is 1.61. The molecule has 5 nitrogen and oxygen atoms in total. The van der Waals surface area contributed by atoms with E-state index < -0.39 is 0 Å². The number of nitrogens with zero attached hydrogens (tertiary/aromatic N) is 2. The van der Waals surface area contributed by atoms with E-state index in [9.17, 15) is 0 Å². The van der Waals surface area contributed by atoms with Crippen LogP contribution in [0.2, 0.25) is 0 Å². The zero-order chi connectivity index (χ0) is 21.3. The van der Waals surface area contributed by atoms with Crippen LogP contribution in [0.5, 0.6) is 11.5 Å². The van der Waals surface area contributed by atoms with E-state index in [-0.39, 0.29) is 6.04 Å². The molecule has 1 N–H and O–H groups in total. The van der Waals surface area contributed by atoms with Gasteiger partial charge in [-0.25, -0.2) is 0 Å². The number of nitrogens with one attached hydrogen (secondary N) is 1. The van der Waals surface area contributed by atoms with Gasteiger partial charge in [0.2, 0.25) is 0 Å². The predicted octanol–water partition coefficient (Wildman–Crippen LogP) is 4.92. The van der Waals surface area contributed by atoms with E-state index in [1.165, 1.54) is 16.8 Å². The van der Waals surface area contributed by atoms with Gasteiger partial charge in [0, 0.05) is 36.2 Å². The fourth-order valence-electron chi connectivity index (χ4n) is 4.04. The van der Waals surface area contributed by atoms with Crippen molar-refractivity contribution >= 4 is 23.0 Å². The molecule has 0 radical (unpaired) electrons. The van der Waals surface area contributed by atoms with E-state index in [0.29, 0.717) is 5.11 Å². The van der Waals surface area contributed by atoms with E-state index in [2.05, 4.69) is 65.2 Å². The highest BCUT2D eigenvalue weighted by Gasteiger charge is 2.33. The van der Waals surface area contributed by atoms with Gasteiger partial charge >= 0.3 is 0 Å². The predicted molar refractivity (Wildman–Crippen MR) is 125 cm³/mol. The van der Waals surface area contributed by atoms with Crippen molar-refractivity contribution in [3.8, 4) is 11.5 Å². The van der Waals surface area contributed by atoms with Crippen LogP contribution in [-0.2, 0) is 6.54 Å². The van der Waals surface area contributed by atoms with Crippen LogP contribution in [0.3, 0.4) is 0 Å². The number of thiocarbonyl (C=S) groups is 1. The number of fused-ring (bicyclic) bond motifs is 1. The molecule has 3 aromatic rings. The number of hydrogen-bond donors (Lipinski definition) is 1. The molecule has 2 heterocycles. The van der Waals surface area contributed by atoms with Crippen molar-refractivity contribution in [1.29, 1.82) is 0 Å². The van der Waals surface area contributed by atoms with E-state index >= 15 is 0 Å². The van der Waals surface area contributed by atoms with Crippen LogP contribution in [0.4, 0.5) is 5.69 Å². The zero-order valence-corrected chi connectivity index (χ0v) is 18.6. The lowest BCUT2D eigenvalue weighted by atomic mass is 9.98. The van der Waals surface area contributed by atoms with Crippen molar-refractivity contribution in [1.82, 2.24) is 9.47 Å². The third kappa shape index (κ3) is 3.75. The molecular formula is C24H27N3O2S. The Bertz CT molecular complexity index is 1080. The summed E-state index contributed by atoms with van der Waals surface area (Å²) in [5, 5.41) is 4.19. The Morgan fingerprint density at radius 1 is 1.03 bits per heavy atom. The summed E-state index contributed by atoms with van der Waals surface area (Å²) in [4.78, 5) is 2.24. The fraction of sp³-hybridized carbons (Fsp3) is 0.292.